The van der Waals surface area contributed by atoms with E-state index in [1.54, 1.807) is 14.2 Å². The highest BCUT2D eigenvalue weighted by atomic mass is 35.5. The number of nitrogens with zero attached hydrogens (tertiary/aromatic N) is 2. The quantitative estimate of drug-likeness (QED) is 0.675. The first kappa shape index (κ1) is 15.7. The van der Waals surface area contributed by atoms with E-state index in [-0.39, 0.29) is 0 Å². The Morgan fingerprint density at radius 1 is 1.13 bits per heavy atom. The van der Waals surface area contributed by atoms with E-state index >= 15 is 0 Å². The predicted molar refractivity (Wildman–Crippen MR) is 93.6 cm³/mol. The Morgan fingerprint density at radius 2 is 1.91 bits per heavy atom. The van der Waals surface area contributed by atoms with E-state index in [4.69, 9.17) is 26.1 Å². The molecule has 5 heteroatoms. The summed E-state index contributed by atoms with van der Waals surface area (Å²) in [5.41, 5.74) is 3.01. The maximum atomic E-state index is 6.35. The van der Waals surface area contributed by atoms with Crippen molar-refractivity contribution >= 4 is 22.6 Å². The summed E-state index contributed by atoms with van der Waals surface area (Å²) in [5.74, 6) is 2.03. The molecule has 0 saturated carbocycles. The molecular weight excluding hydrogens is 312 g/mol. The fraction of sp³-hybridized carbons (Fsp3) is 0.278. The van der Waals surface area contributed by atoms with Crippen molar-refractivity contribution in [3.63, 3.8) is 0 Å². The smallest absolute Gasteiger partial charge is 0.179 e. The molecule has 0 fully saturated rings. The van der Waals surface area contributed by atoms with E-state index in [9.17, 15) is 0 Å². The predicted octanol–water partition coefficient (Wildman–Crippen LogP) is 4.78. The van der Waals surface area contributed by atoms with Crippen molar-refractivity contribution in [2.24, 2.45) is 0 Å². The van der Waals surface area contributed by atoms with Gasteiger partial charge < -0.3 is 14.0 Å². The molecule has 3 aromatic rings. The zero-order valence-electron chi connectivity index (χ0n) is 13.5. The minimum absolute atomic E-state index is 0.511. The number of ether oxygens (including phenoxy) is 2. The zero-order valence-corrected chi connectivity index (χ0v) is 14.2. The number of aromatic nitrogens is 2. The summed E-state index contributed by atoms with van der Waals surface area (Å²) in [6, 6.07) is 11.9. The van der Waals surface area contributed by atoms with Crippen molar-refractivity contribution in [1.82, 2.24) is 9.55 Å². The molecule has 0 unspecified atom stereocenters. The van der Waals surface area contributed by atoms with Gasteiger partial charge in [0, 0.05) is 12.1 Å². The molecule has 0 aliphatic rings. The Balaban J connectivity index is 2.24. The van der Waals surface area contributed by atoms with Gasteiger partial charge in [-0.05, 0) is 30.7 Å². The van der Waals surface area contributed by atoms with Gasteiger partial charge in [-0.3, -0.25) is 0 Å². The Kier molecular flexibility index (Phi) is 4.44. The van der Waals surface area contributed by atoms with Crippen molar-refractivity contribution in [2.75, 3.05) is 14.2 Å². The Labute approximate surface area is 140 Å². The van der Waals surface area contributed by atoms with E-state index in [0.29, 0.717) is 16.5 Å². The van der Waals surface area contributed by atoms with Gasteiger partial charge in [-0.25, -0.2) is 4.98 Å². The van der Waals surface area contributed by atoms with Crippen LogP contribution >= 0.6 is 11.6 Å². The number of hydrogen-bond donors (Lipinski definition) is 0. The first-order chi connectivity index (χ1) is 11.2. The molecule has 0 saturated heterocycles. The lowest BCUT2D eigenvalue weighted by atomic mass is 10.2. The lowest BCUT2D eigenvalue weighted by Crippen LogP contribution is -2.00. The van der Waals surface area contributed by atoms with Crippen LogP contribution < -0.4 is 9.47 Å². The number of benzene rings is 2. The molecule has 1 aromatic heterocycles. The van der Waals surface area contributed by atoms with E-state index in [0.717, 1.165) is 35.4 Å². The monoisotopic (exact) mass is 330 g/mol. The third-order valence-electron chi connectivity index (χ3n) is 3.79. The van der Waals surface area contributed by atoms with Crippen LogP contribution in [0.5, 0.6) is 11.5 Å². The van der Waals surface area contributed by atoms with Gasteiger partial charge >= 0.3 is 0 Å². The van der Waals surface area contributed by atoms with Gasteiger partial charge in [0.25, 0.3) is 0 Å². The van der Waals surface area contributed by atoms with E-state index < -0.39 is 0 Å². The highest BCUT2D eigenvalue weighted by molar-refractivity contribution is 6.32. The molecule has 0 spiro atoms. The number of halogens is 1. The number of methoxy groups -OCH3 is 2. The molecule has 0 radical (unpaired) electrons. The average molecular weight is 331 g/mol. The fourth-order valence-electron chi connectivity index (χ4n) is 2.79. The van der Waals surface area contributed by atoms with Crippen LogP contribution in [0.15, 0.2) is 36.4 Å². The molecule has 0 aliphatic heterocycles. The number of rotatable bonds is 5. The van der Waals surface area contributed by atoms with E-state index in [2.05, 4.69) is 17.6 Å². The van der Waals surface area contributed by atoms with Gasteiger partial charge in [-0.1, -0.05) is 30.7 Å². The first-order valence-electron chi connectivity index (χ1n) is 7.56. The second-order valence-corrected chi connectivity index (χ2v) is 5.68. The van der Waals surface area contributed by atoms with Crippen LogP contribution in [0.2, 0.25) is 5.02 Å². The van der Waals surface area contributed by atoms with Gasteiger partial charge in [-0.2, -0.15) is 0 Å². The maximum Gasteiger partial charge on any atom is 0.179 e. The molecule has 0 N–H and O–H groups in total. The standard InChI is InChI=1S/C18H19ClN2O2/c1-4-9-21-15-8-6-5-7-14(15)20-18(21)12-10-13(19)17(23-3)16(11-12)22-2/h5-8,10-11H,4,9H2,1-3H3. The average Bonchev–Trinajstić information content (AvgIpc) is 2.93. The van der Waals surface area contributed by atoms with Crippen LogP contribution in [0.1, 0.15) is 13.3 Å². The van der Waals surface area contributed by atoms with Crippen LogP contribution in [0.4, 0.5) is 0 Å². The number of imidazole rings is 1. The normalized spacial score (nSPS) is 11.0. The topological polar surface area (TPSA) is 36.3 Å². The van der Waals surface area contributed by atoms with Crippen LogP contribution in [-0.2, 0) is 6.54 Å². The number of aryl methyl sites for hydroxylation is 1. The summed E-state index contributed by atoms with van der Waals surface area (Å²) >= 11 is 6.35. The lowest BCUT2D eigenvalue weighted by Gasteiger charge is -2.13. The van der Waals surface area contributed by atoms with Crippen molar-refractivity contribution in [2.45, 2.75) is 19.9 Å². The summed E-state index contributed by atoms with van der Waals surface area (Å²) < 4.78 is 12.9. The molecule has 2 aromatic carbocycles. The zero-order chi connectivity index (χ0) is 16.4. The van der Waals surface area contributed by atoms with Gasteiger partial charge in [-0.15, -0.1) is 0 Å². The third-order valence-corrected chi connectivity index (χ3v) is 4.07. The van der Waals surface area contributed by atoms with Crippen LogP contribution in [0.3, 0.4) is 0 Å². The summed E-state index contributed by atoms with van der Waals surface area (Å²) in [6.45, 7) is 3.04. The number of hydrogen-bond acceptors (Lipinski definition) is 3. The van der Waals surface area contributed by atoms with E-state index in [1.165, 1.54) is 0 Å². The molecule has 0 amide bonds. The van der Waals surface area contributed by atoms with Gasteiger partial charge in [0.05, 0.1) is 30.3 Å². The first-order valence-corrected chi connectivity index (χ1v) is 7.94. The molecule has 3 rings (SSSR count). The Morgan fingerprint density at radius 3 is 2.61 bits per heavy atom. The van der Waals surface area contributed by atoms with Crippen LogP contribution in [-0.4, -0.2) is 23.8 Å². The molecular formula is C18H19ClN2O2. The minimum Gasteiger partial charge on any atom is -0.493 e. The highest BCUT2D eigenvalue weighted by Gasteiger charge is 2.17. The fourth-order valence-corrected chi connectivity index (χ4v) is 3.08. The van der Waals surface area contributed by atoms with Crippen LogP contribution in [0.25, 0.3) is 22.4 Å². The third kappa shape index (κ3) is 2.75. The summed E-state index contributed by atoms with van der Waals surface area (Å²) in [6.07, 6.45) is 1.02. The second kappa shape index (κ2) is 6.50. The SMILES string of the molecule is CCCn1c(-c2cc(Cl)c(OC)c(OC)c2)nc2ccccc21. The minimum atomic E-state index is 0.511. The van der Waals surface area contributed by atoms with Gasteiger partial charge in [0.15, 0.2) is 11.5 Å². The van der Waals surface area contributed by atoms with Gasteiger partial charge in [0.2, 0.25) is 0 Å². The number of para-hydroxylation sites is 2. The molecule has 0 atom stereocenters. The number of fused-ring (bicyclic) bond motifs is 1. The molecule has 4 nitrogen and oxygen atoms in total. The van der Waals surface area contributed by atoms with Crippen molar-refractivity contribution in [3.8, 4) is 22.9 Å². The lowest BCUT2D eigenvalue weighted by molar-refractivity contribution is 0.355. The molecule has 0 bridgehead atoms. The van der Waals surface area contributed by atoms with Crippen molar-refractivity contribution in [3.05, 3.63) is 41.4 Å². The molecule has 0 aliphatic carbocycles. The Bertz CT molecular complexity index is 842. The Hall–Kier alpha value is -2.20. The second-order valence-electron chi connectivity index (χ2n) is 5.27. The summed E-state index contributed by atoms with van der Waals surface area (Å²) in [5, 5.41) is 0.511. The maximum absolute atomic E-state index is 6.35. The molecule has 120 valence electrons. The van der Waals surface area contributed by atoms with Gasteiger partial charge in [0.1, 0.15) is 5.82 Å². The van der Waals surface area contributed by atoms with E-state index in [1.807, 2.05) is 30.3 Å². The van der Waals surface area contributed by atoms with Crippen molar-refractivity contribution in [1.29, 1.82) is 0 Å². The van der Waals surface area contributed by atoms with Crippen LogP contribution in [0, 0.1) is 0 Å². The van der Waals surface area contributed by atoms with Crippen molar-refractivity contribution < 1.29 is 9.47 Å². The largest absolute Gasteiger partial charge is 0.493 e. The molecule has 23 heavy (non-hydrogen) atoms. The highest BCUT2D eigenvalue weighted by Crippen LogP contribution is 2.39. The summed E-state index contributed by atoms with van der Waals surface area (Å²) in [7, 11) is 3.18. The molecule has 1 heterocycles. The summed E-state index contributed by atoms with van der Waals surface area (Å²) in [4.78, 5) is 4.78.